The largest absolute Gasteiger partial charge is 0.494 e. The molecule has 0 radical (unpaired) electrons. The van der Waals surface area contributed by atoms with Crippen LogP contribution in [0, 0.1) is 0 Å². The van der Waals surface area contributed by atoms with Crippen LogP contribution in [0.15, 0.2) is 24.3 Å². The van der Waals surface area contributed by atoms with Gasteiger partial charge < -0.3 is 15.0 Å². The smallest absolute Gasteiger partial charge is 0.239 e. The molecular weight excluding hydrogens is 276 g/mol. The molecule has 20 heavy (non-hydrogen) atoms. The van der Waals surface area contributed by atoms with Gasteiger partial charge in [-0.15, -0.1) is 12.4 Å². The van der Waals surface area contributed by atoms with Crippen molar-refractivity contribution in [2.75, 3.05) is 20.2 Å². The summed E-state index contributed by atoms with van der Waals surface area (Å²) in [6, 6.07) is 7.93. The van der Waals surface area contributed by atoms with E-state index in [-0.39, 0.29) is 24.4 Å². The molecule has 1 aliphatic rings. The second-order valence-corrected chi connectivity index (χ2v) is 4.92. The molecule has 1 heterocycles. The summed E-state index contributed by atoms with van der Waals surface area (Å²) in [6.45, 7) is 4.23. The number of likely N-dealkylation sites (N-methyl/N-ethyl adjacent to an activating group) is 1. The summed E-state index contributed by atoms with van der Waals surface area (Å²) < 4.78 is 5.40. The molecule has 0 aromatic heterocycles. The predicted molar refractivity (Wildman–Crippen MR) is 82.4 cm³/mol. The molecule has 1 fully saturated rings. The lowest BCUT2D eigenvalue weighted by Crippen LogP contribution is -2.41. The topological polar surface area (TPSA) is 41.6 Å². The molecule has 4 nitrogen and oxygen atoms in total. The van der Waals surface area contributed by atoms with Crippen molar-refractivity contribution < 1.29 is 9.53 Å². The van der Waals surface area contributed by atoms with Crippen LogP contribution in [0.1, 0.15) is 25.3 Å². The number of rotatable bonds is 5. The van der Waals surface area contributed by atoms with Gasteiger partial charge in [0.05, 0.1) is 12.6 Å². The van der Waals surface area contributed by atoms with Gasteiger partial charge in [0.25, 0.3) is 0 Å². The zero-order chi connectivity index (χ0) is 13.7. The van der Waals surface area contributed by atoms with E-state index in [4.69, 9.17) is 4.74 Å². The van der Waals surface area contributed by atoms with Gasteiger partial charge in [-0.2, -0.15) is 0 Å². The normalized spacial score (nSPS) is 17.4. The van der Waals surface area contributed by atoms with Crippen LogP contribution in [-0.2, 0) is 11.3 Å². The van der Waals surface area contributed by atoms with Crippen molar-refractivity contribution in [3.8, 4) is 5.75 Å². The number of ether oxygens (including phenoxy) is 1. The number of amides is 1. The molecule has 1 aromatic carbocycles. The number of hydrogen-bond acceptors (Lipinski definition) is 3. The fourth-order valence-electron chi connectivity index (χ4n) is 2.37. The van der Waals surface area contributed by atoms with Crippen LogP contribution in [0.25, 0.3) is 0 Å². The lowest BCUT2D eigenvalue weighted by atomic mass is 10.1. The van der Waals surface area contributed by atoms with Crippen LogP contribution in [0.3, 0.4) is 0 Å². The Balaban J connectivity index is 0.00000200. The van der Waals surface area contributed by atoms with Gasteiger partial charge in [0, 0.05) is 13.6 Å². The number of benzene rings is 1. The Morgan fingerprint density at radius 1 is 1.40 bits per heavy atom. The monoisotopic (exact) mass is 298 g/mol. The van der Waals surface area contributed by atoms with Crippen molar-refractivity contribution in [3.63, 3.8) is 0 Å². The Bertz CT molecular complexity index is 416. The molecule has 0 bridgehead atoms. The number of nitrogens with one attached hydrogen (secondary N) is 1. The summed E-state index contributed by atoms with van der Waals surface area (Å²) in [5.41, 5.74) is 1.12. The Labute approximate surface area is 126 Å². The third-order valence-corrected chi connectivity index (χ3v) is 3.39. The maximum absolute atomic E-state index is 12.2. The highest BCUT2D eigenvalue weighted by molar-refractivity contribution is 5.85. The average Bonchev–Trinajstić information content (AvgIpc) is 2.94. The molecular formula is C15H23ClN2O2. The van der Waals surface area contributed by atoms with E-state index in [1.54, 1.807) is 4.90 Å². The van der Waals surface area contributed by atoms with Gasteiger partial charge in [-0.05, 0) is 44.0 Å². The summed E-state index contributed by atoms with van der Waals surface area (Å²) in [7, 11) is 1.86. The Hall–Kier alpha value is -1.26. The average molecular weight is 299 g/mol. The van der Waals surface area contributed by atoms with Gasteiger partial charge in [-0.25, -0.2) is 0 Å². The minimum atomic E-state index is 0. The number of carbonyl (C=O) groups is 1. The predicted octanol–water partition coefficient (Wildman–Crippen LogP) is 2.22. The first-order chi connectivity index (χ1) is 9.20. The molecule has 1 saturated heterocycles. The second-order valence-electron chi connectivity index (χ2n) is 4.92. The first-order valence-electron chi connectivity index (χ1n) is 6.91. The zero-order valence-electron chi connectivity index (χ0n) is 12.1. The molecule has 0 unspecified atom stereocenters. The van der Waals surface area contributed by atoms with Crippen LogP contribution in [0.5, 0.6) is 5.75 Å². The SMILES string of the molecule is CCOc1ccc(CN(C)C(=O)[C@@H]2CCCN2)cc1.Cl. The van der Waals surface area contributed by atoms with E-state index in [0.717, 1.165) is 30.7 Å². The fraction of sp³-hybridized carbons (Fsp3) is 0.533. The van der Waals surface area contributed by atoms with Gasteiger partial charge in [0.15, 0.2) is 0 Å². The van der Waals surface area contributed by atoms with Crippen molar-refractivity contribution in [3.05, 3.63) is 29.8 Å². The van der Waals surface area contributed by atoms with E-state index in [1.807, 2.05) is 38.2 Å². The molecule has 1 aliphatic heterocycles. The van der Waals surface area contributed by atoms with Gasteiger partial charge >= 0.3 is 0 Å². The van der Waals surface area contributed by atoms with Crippen LogP contribution in [0.4, 0.5) is 0 Å². The summed E-state index contributed by atoms with van der Waals surface area (Å²) >= 11 is 0. The van der Waals surface area contributed by atoms with E-state index in [0.29, 0.717) is 13.2 Å². The number of carbonyl (C=O) groups excluding carboxylic acids is 1. The summed E-state index contributed by atoms with van der Waals surface area (Å²) in [6.07, 6.45) is 2.04. The molecule has 2 rings (SSSR count). The Kier molecular flexibility index (Phi) is 6.82. The highest BCUT2D eigenvalue weighted by atomic mass is 35.5. The van der Waals surface area contributed by atoms with Gasteiger partial charge in [0.2, 0.25) is 5.91 Å². The molecule has 0 saturated carbocycles. The molecule has 1 aromatic rings. The van der Waals surface area contributed by atoms with Crippen LogP contribution in [-0.4, -0.2) is 37.0 Å². The van der Waals surface area contributed by atoms with Crippen molar-refractivity contribution in [1.82, 2.24) is 10.2 Å². The fourth-order valence-corrected chi connectivity index (χ4v) is 2.37. The second kappa shape index (κ2) is 8.12. The highest BCUT2D eigenvalue weighted by Crippen LogP contribution is 2.14. The van der Waals surface area contributed by atoms with E-state index >= 15 is 0 Å². The molecule has 1 amide bonds. The van der Waals surface area contributed by atoms with Crippen molar-refractivity contribution in [1.29, 1.82) is 0 Å². The van der Waals surface area contributed by atoms with Gasteiger partial charge in [0.1, 0.15) is 5.75 Å². The number of nitrogens with zero attached hydrogens (tertiary/aromatic N) is 1. The van der Waals surface area contributed by atoms with Gasteiger partial charge in [-0.1, -0.05) is 12.1 Å². The van der Waals surface area contributed by atoms with E-state index in [2.05, 4.69) is 5.32 Å². The minimum absolute atomic E-state index is 0. The third-order valence-electron chi connectivity index (χ3n) is 3.39. The third kappa shape index (κ3) is 4.39. The van der Waals surface area contributed by atoms with Crippen LogP contribution >= 0.6 is 12.4 Å². The standard InChI is InChI=1S/C15H22N2O2.ClH/c1-3-19-13-8-6-12(7-9-13)11-17(2)15(18)14-5-4-10-16-14;/h6-9,14,16H,3-5,10-11H2,1-2H3;1H/t14-;/m0./s1. The Morgan fingerprint density at radius 3 is 2.65 bits per heavy atom. The van der Waals surface area contributed by atoms with Crippen LogP contribution in [0.2, 0.25) is 0 Å². The molecule has 112 valence electrons. The summed E-state index contributed by atoms with van der Waals surface area (Å²) in [4.78, 5) is 13.9. The lowest BCUT2D eigenvalue weighted by molar-refractivity contribution is -0.132. The number of hydrogen-bond donors (Lipinski definition) is 1. The molecule has 0 spiro atoms. The summed E-state index contributed by atoms with van der Waals surface area (Å²) in [5, 5.41) is 3.24. The Morgan fingerprint density at radius 2 is 2.10 bits per heavy atom. The minimum Gasteiger partial charge on any atom is -0.494 e. The quantitative estimate of drug-likeness (QED) is 0.906. The van der Waals surface area contributed by atoms with Gasteiger partial charge in [-0.3, -0.25) is 4.79 Å². The molecule has 1 atom stereocenters. The maximum atomic E-state index is 12.2. The van der Waals surface area contributed by atoms with Crippen LogP contribution < -0.4 is 10.1 Å². The summed E-state index contributed by atoms with van der Waals surface area (Å²) in [5.74, 6) is 1.06. The van der Waals surface area contributed by atoms with E-state index in [9.17, 15) is 4.79 Å². The van der Waals surface area contributed by atoms with Crippen molar-refractivity contribution in [2.24, 2.45) is 0 Å². The van der Waals surface area contributed by atoms with E-state index < -0.39 is 0 Å². The molecule has 0 aliphatic carbocycles. The highest BCUT2D eigenvalue weighted by Gasteiger charge is 2.24. The maximum Gasteiger partial charge on any atom is 0.239 e. The first kappa shape index (κ1) is 16.8. The van der Waals surface area contributed by atoms with Crippen molar-refractivity contribution in [2.45, 2.75) is 32.4 Å². The zero-order valence-corrected chi connectivity index (χ0v) is 12.9. The number of halogens is 1. The first-order valence-corrected chi connectivity index (χ1v) is 6.91. The van der Waals surface area contributed by atoms with Crippen molar-refractivity contribution >= 4 is 18.3 Å². The lowest BCUT2D eigenvalue weighted by Gasteiger charge is -2.21. The van der Waals surface area contributed by atoms with E-state index in [1.165, 1.54) is 0 Å². The molecule has 1 N–H and O–H groups in total. The molecule has 5 heteroatoms.